The van der Waals surface area contributed by atoms with Crippen LogP contribution < -0.4 is 0 Å². The molecule has 25 heavy (non-hydrogen) atoms. The van der Waals surface area contributed by atoms with Crippen LogP contribution in [-0.2, 0) is 23.9 Å². The standard InChI is InChI=1S/C20H24O5/c1-12-6-4-8-13(2)17(22)18-15(14(3)19(23)24-18)10-16-20(11-21,25-16)9-5-7-12/h7-8,11,15-16,18H,3-6,9-10H2,1-2H3/b12-7+,13-8+/t15-,16-,18-,20+/m0/s1. The Morgan fingerprint density at radius 2 is 2.00 bits per heavy atom. The van der Waals surface area contributed by atoms with E-state index < -0.39 is 23.6 Å². The Hall–Kier alpha value is -2.01. The van der Waals surface area contributed by atoms with Crippen LogP contribution in [0.5, 0.6) is 0 Å². The average molecular weight is 344 g/mol. The SMILES string of the molecule is C=C1C(=O)O[C@@H]2C(=O)/C(C)=C/CC/C(C)=C/CC[C@]3(C=O)O[C@H]3C[C@@H]12. The summed E-state index contributed by atoms with van der Waals surface area (Å²) in [5.41, 5.74) is 1.32. The minimum absolute atomic E-state index is 0.187. The summed E-state index contributed by atoms with van der Waals surface area (Å²) in [6.45, 7) is 7.60. The fourth-order valence-electron chi connectivity index (χ4n) is 3.69. The van der Waals surface area contributed by atoms with Gasteiger partial charge in [0.15, 0.2) is 18.2 Å². The van der Waals surface area contributed by atoms with E-state index in [9.17, 15) is 14.4 Å². The molecule has 5 heteroatoms. The van der Waals surface area contributed by atoms with E-state index in [0.29, 0.717) is 24.0 Å². The number of Topliss-reactive ketones (excluding diaryl/α,β-unsaturated/α-hetero) is 1. The van der Waals surface area contributed by atoms with E-state index in [1.165, 1.54) is 5.57 Å². The van der Waals surface area contributed by atoms with E-state index in [1.807, 2.05) is 6.08 Å². The molecule has 0 spiro atoms. The highest BCUT2D eigenvalue weighted by Crippen LogP contribution is 2.46. The lowest BCUT2D eigenvalue weighted by Crippen LogP contribution is -2.30. The van der Waals surface area contributed by atoms with E-state index in [4.69, 9.17) is 9.47 Å². The fraction of sp³-hybridized carbons (Fsp3) is 0.550. The molecule has 0 unspecified atom stereocenters. The number of epoxide rings is 1. The molecule has 5 nitrogen and oxygen atoms in total. The van der Waals surface area contributed by atoms with Crippen LogP contribution in [0.3, 0.4) is 0 Å². The maximum atomic E-state index is 12.7. The second kappa shape index (κ2) is 6.71. The zero-order valence-electron chi connectivity index (χ0n) is 14.7. The number of allylic oxidation sites excluding steroid dienone is 3. The highest BCUT2D eigenvalue weighted by atomic mass is 16.6. The predicted molar refractivity (Wildman–Crippen MR) is 91.8 cm³/mol. The molecule has 2 heterocycles. The molecule has 3 rings (SSSR count). The normalized spacial score (nSPS) is 40.6. The van der Waals surface area contributed by atoms with Crippen LogP contribution in [0.1, 0.15) is 46.0 Å². The Morgan fingerprint density at radius 1 is 1.24 bits per heavy atom. The molecular formula is C20H24O5. The first-order chi connectivity index (χ1) is 11.9. The molecule has 3 aliphatic rings. The maximum absolute atomic E-state index is 12.7. The summed E-state index contributed by atoms with van der Waals surface area (Å²) in [5.74, 6) is -1.15. The average Bonchev–Trinajstić information content (AvgIpc) is 3.20. The van der Waals surface area contributed by atoms with Gasteiger partial charge in [0.25, 0.3) is 0 Å². The van der Waals surface area contributed by atoms with Gasteiger partial charge in [0.05, 0.1) is 6.10 Å². The van der Waals surface area contributed by atoms with Crippen molar-refractivity contribution in [3.05, 3.63) is 35.5 Å². The van der Waals surface area contributed by atoms with Crippen LogP contribution in [0, 0.1) is 5.92 Å². The number of aldehydes is 1. The number of hydrogen-bond acceptors (Lipinski definition) is 5. The first kappa shape index (κ1) is 17.8. The lowest BCUT2D eigenvalue weighted by atomic mass is 9.84. The van der Waals surface area contributed by atoms with Crippen LogP contribution in [0.15, 0.2) is 35.5 Å². The van der Waals surface area contributed by atoms with Crippen molar-refractivity contribution in [2.45, 2.75) is 63.8 Å². The summed E-state index contributed by atoms with van der Waals surface area (Å²) in [6, 6.07) is 0. The molecule has 4 atom stereocenters. The third-order valence-electron chi connectivity index (χ3n) is 5.49. The number of rotatable bonds is 1. The van der Waals surface area contributed by atoms with E-state index >= 15 is 0 Å². The molecule has 1 aliphatic carbocycles. The van der Waals surface area contributed by atoms with Crippen molar-refractivity contribution in [2.24, 2.45) is 5.92 Å². The van der Waals surface area contributed by atoms with Gasteiger partial charge in [0.2, 0.25) is 0 Å². The Bertz CT molecular complexity index is 686. The number of carbonyl (C=O) groups is 3. The van der Waals surface area contributed by atoms with Crippen LogP contribution in [0.4, 0.5) is 0 Å². The zero-order chi connectivity index (χ0) is 18.2. The second-order valence-corrected chi connectivity index (χ2v) is 7.25. The van der Waals surface area contributed by atoms with Crippen molar-refractivity contribution in [3.8, 4) is 0 Å². The third kappa shape index (κ3) is 3.38. The number of ether oxygens (including phenoxy) is 2. The number of hydrogen-bond donors (Lipinski definition) is 0. The van der Waals surface area contributed by atoms with Crippen molar-refractivity contribution in [1.82, 2.24) is 0 Å². The Morgan fingerprint density at radius 3 is 2.72 bits per heavy atom. The lowest BCUT2D eigenvalue weighted by Gasteiger charge is -2.17. The third-order valence-corrected chi connectivity index (χ3v) is 5.49. The zero-order valence-corrected chi connectivity index (χ0v) is 14.7. The van der Waals surface area contributed by atoms with E-state index in [2.05, 4.69) is 19.6 Å². The molecular weight excluding hydrogens is 320 g/mol. The first-order valence-electron chi connectivity index (χ1n) is 8.78. The van der Waals surface area contributed by atoms with Gasteiger partial charge in [-0.15, -0.1) is 0 Å². The molecule has 0 bridgehead atoms. The van der Waals surface area contributed by atoms with Crippen molar-refractivity contribution in [1.29, 1.82) is 0 Å². The van der Waals surface area contributed by atoms with Crippen molar-refractivity contribution >= 4 is 18.0 Å². The largest absolute Gasteiger partial charge is 0.450 e. The molecule has 2 aliphatic heterocycles. The molecule has 134 valence electrons. The number of carbonyl (C=O) groups excluding carboxylic acids is 3. The molecule has 0 saturated carbocycles. The lowest BCUT2D eigenvalue weighted by molar-refractivity contribution is -0.145. The van der Waals surface area contributed by atoms with Gasteiger partial charge in [-0.25, -0.2) is 4.79 Å². The topological polar surface area (TPSA) is 73.0 Å². The smallest absolute Gasteiger partial charge is 0.334 e. The monoisotopic (exact) mass is 344 g/mol. The van der Waals surface area contributed by atoms with Crippen LogP contribution in [0.2, 0.25) is 0 Å². The fourth-order valence-corrected chi connectivity index (χ4v) is 3.69. The number of fused-ring (bicyclic) bond motifs is 2. The number of ketones is 1. The summed E-state index contributed by atoms with van der Waals surface area (Å²) in [6.07, 6.45) is 7.12. The Balaban J connectivity index is 1.89. The van der Waals surface area contributed by atoms with Crippen LogP contribution in [0.25, 0.3) is 0 Å². The molecule has 0 aromatic rings. The van der Waals surface area contributed by atoms with Gasteiger partial charge in [-0.3, -0.25) is 4.79 Å². The molecule has 2 fully saturated rings. The number of esters is 1. The summed E-state index contributed by atoms with van der Waals surface area (Å²) >= 11 is 0. The molecule has 0 amide bonds. The minimum Gasteiger partial charge on any atom is -0.450 e. The van der Waals surface area contributed by atoms with Crippen LogP contribution >= 0.6 is 0 Å². The molecule has 0 N–H and O–H groups in total. The second-order valence-electron chi connectivity index (χ2n) is 7.25. The predicted octanol–water partition coefficient (Wildman–Crippen LogP) is 2.85. The summed E-state index contributed by atoms with van der Waals surface area (Å²) in [7, 11) is 0. The molecule has 0 aromatic carbocycles. The van der Waals surface area contributed by atoms with Gasteiger partial charge in [-0.1, -0.05) is 24.3 Å². The highest BCUT2D eigenvalue weighted by molar-refractivity contribution is 6.04. The van der Waals surface area contributed by atoms with Gasteiger partial charge in [-0.2, -0.15) is 0 Å². The van der Waals surface area contributed by atoms with Gasteiger partial charge in [0.1, 0.15) is 5.60 Å². The summed E-state index contributed by atoms with van der Waals surface area (Å²) in [4.78, 5) is 36.2. The highest BCUT2D eigenvalue weighted by Gasteiger charge is 2.58. The van der Waals surface area contributed by atoms with Gasteiger partial charge < -0.3 is 14.3 Å². The van der Waals surface area contributed by atoms with Gasteiger partial charge >= 0.3 is 5.97 Å². The van der Waals surface area contributed by atoms with Crippen molar-refractivity contribution < 1.29 is 23.9 Å². The minimum atomic E-state index is -0.857. The van der Waals surface area contributed by atoms with Crippen molar-refractivity contribution in [2.75, 3.05) is 0 Å². The summed E-state index contributed by atoms with van der Waals surface area (Å²) in [5, 5.41) is 0. The molecule has 2 saturated heterocycles. The van der Waals surface area contributed by atoms with Crippen molar-refractivity contribution in [3.63, 3.8) is 0 Å². The molecule has 0 radical (unpaired) electrons. The van der Waals surface area contributed by atoms with Crippen LogP contribution in [-0.4, -0.2) is 35.8 Å². The van der Waals surface area contributed by atoms with Gasteiger partial charge in [-0.05, 0) is 51.5 Å². The van der Waals surface area contributed by atoms with E-state index in [0.717, 1.165) is 25.5 Å². The summed E-state index contributed by atoms with van der Waals surface area (Å²) < 4.78 is 11.0. The Kier molecular flexibility index (Phi) is 4.78. The van der Waals surface area contributed by atoms with Gasteiger partial charge in [0, 0.05) is 11.5 Å². The van der Waals surface area contributed by atoms with E-state index in [-0.39, 0.29) is 11.9 Å². The Labute approximate surface area is 147 Å². The quantitative estimate of drug-likeness (QED) is 0.240. The van der Waals surface area contributed by atoms with E-state index in [1.54, 1.807) is 6.92 Å². The molecule has 0 aromatic heterocycles. The maximum Gasteiger partial charge on any atom is 0.334 e. The first-order valence-corrected chi connectivity index (χ1v) is 8.78.